The zero-order chi connectivity index (χ0) is 23.2. The van der Waals surface area contributed by atoms with Gasteiger partial charge in [-0.2, -0.15) is 0 Å². The van der Waals surface area contributed by atoms with Gasteiger partial charge in [-0.05, 0) is 60.9 Å². The average molecular weight is 447 g/mol. The van der Waals surface area contributed by atoms with Gasteiger partial charge in [-0.15, -0.1) is 0 Å². The molecule has 170 valence electrons. The van der Waals surface area contributed by atoms with Crippen molar-refractivity contribution in [2.75, 3.05) is 4.90 Å². The molecule has 6 heteroatoms. The molecule has 5 nitrogen and oxygen atoms in total. The van der Waals surface area contributed by atoms with Crippen LogP contribution in [0.4, 0.5) is 10.1 Å². The molecule has 3 aromatic carbocycles. The number of hydrogen-bond donors (Lipinski definition) is 2. The highest BCUT2D eigenvalue weighted by atomic mass is 19.1. The van der Waals surface area contributed by atoms with E-state index in [9.17, 15) is 19.1 Å². The number of nitrogens with one attached hydrogen (secondary N) is 1. The Morgan fingerprint density at radius 2 is 1.61 bits per heavy atom. The molecular weight excluding hydrogens is 419 g/mol. The van der Waals surface area contributed by atoms with Gasteiger partial charge in [-0.3, -0.25) is 14.5 Å². The standard InChI is InChI=1S/C27H27FN2O3/c28-21-10-7-13-23(18-21)30(27(33)20-14-16-24(31)17-15-20)25(19-8-3-1-4-9-19)26(32)29-22-11-5-2-6-12-22/h1,3-4,7-10,13-18,22,25,31H,2,5-6,11-12H2,(H,29,32). The molecule has 0 aliphatic heterocycles. The Bertz CT molecular complexity index is 1100. The number of hydrogen-bond acceptors (Lipinski definition) is 3. The first-order valence-corrected chi connectivity index (χ1v) is 11.3. The van der Waals surface area contributed by atoms with E-state index in [-0.39, 0.29) is 28.9 Å². The van der Waals surface area contributed by atoms with Crippen LogP contribution in [0.1, 0.15) is 54.1 Å². The molecule has 1 atom stereocenters. The molecule has 1 saturated carbocycles. The van der Waals surface area contributed by atoms with E-state index in [1.165, 1.54) is 47.4 Å². The van der Waals surface area contributed by atoms with Crippen LogP contribution in [0.5, 0.6) is 5.75 Å². The highest BCUT2D eigenvalue weighted by molar-refractivity contribution is 6.10. The van der Waals surface area contributed by atoms with Gasteiger partial charge in [-0.1, -0.05) is 55.7 Å². The fourth-order valence-electron chi connectivity index (χ4n) is 4.33. The molecule has 1 unspecified atom stereocenters. The van der Waals surface area contributed by atoms with Gasteiger partial charge in [0, 0.05) is 17.3 Å². The zero-order valence-corrected chi connectivity index (χ0v) is 18.3. The summed E-state index contributed by atoms with van der Waals surface area (Å²) in [5, 5.41) is 12.8. The third-order valence-corrected chi connectivity index (χ3v) is 5.99. The summed E-state index contributed by atoms with van der Waals surface area (Å²) < 4.78 is 14.2. The number of phenolic OH excluding ortho intramolecular Hbond substituents is 1. The molecule has 0 radical (unpaired) electrons. The van der Waals surface area contributed by atoms with Crippen LogP contribution < -0.4 is 10.2 Å². The third-order valence-electron chi connectivity index (χ3n) is 5.99. The van der Waals surface area contributed by atoms with Gasteiger partial charge < -0.3 is 10.4 Å². The molecule has 0 saturated heterocycles. The fourth-order valence-corrected chi connectivity index (χ4v) is 4.33. The maximum atomic E-state index is 14.2. The van der Waals surface area contributed by atoms with Crippen molar-refractivity contribution in [3.05, 3.63) is 95.8 Å². The van der Waals surface area contributed by atoms with Crippen LogP contribution in [0, 0.1) is 5.82 Å². The number of anilines is 1. The molecule has 2 amide bonds. The quantitative estimate of drug-likeness (QED) is 0.535. The van der Waals surface area contributed by atoms with Crippen LogP contribution in [0.3, 0.4) is 0 Å². The Morgan fingerprint density at radius 3 is 2.27 bits per heavy atom. The Morgan fingerprint density at radius 1 is 0.909 bits per heavy atom. The predicted octanol–water partition coefficient (Wildman–Crippen LogP) is 5.37. The number of rotatable bonds is 6. The first-order valence-electron chi connectivity index (χ1n) is 11.3. The summed E-state index contributed by atoms with van der Waals surface area (Å²) >= 11 is 0. The summed E-state index contributed by atoms with van der Waals surface area (Å²) in [6, 6.07) is 19.6. The van der Waals surface area contributed by atoms with Crippen LogP contribution in [0.2, 0.25) is 0 Å². The second-order valence-corrected chi connectivity index (χ2v) is 8.36. The van der Waals surface area contributed by atoms with E-state index in [0.29, 0.717) is 5.56 Å². The van der Waals surface area contributed by atoms with Gasteiger partial charge in [0.2, 0.25) is 5.91 Å². The Hall–Kier alpha value is -3.67. The van der Waals surface area contributed by atoms with Gasteiger partial charge in [0.05, 0.1) is 0 Å². The third kappa shape index (κ3) is 5.40. The second kappa shape index (κ2) is 10.3. The number of carbonyl (C=O) groups is 2. The smallest absolute Gasteiger partial charge is 0.259 e. The van der Waals surface area contributed by atoms with E-state index >= 15 is 0 Å². The maximum absolute atomic E-state index is 14.2. The van der Waals surface area contributed by atoms with Crippen molar-refractivity contribution in [2.45, 2.75) is 44.2 Å². The molecule has 3 aromatic rings. The monoisotopic (exact) mass is 446 g/mol. The van der Waals surface area contributed by atoms with E-state index in [4.69, 9.17) is 0 Å². The van der Waals surface area contributed by atoms with E-state index in [1.807, 2.05) is 18.2 Å². The maximum Gasteiger partial charge on any atom is 0.259 e. The summed E-state index contributed by atoms with van der Waals surface area (Å²) in [4.78, 5) is 28.7. The van der Waals surface area contributed by atoms with E-state index in [2.05, 4.69) is 5.32 Å². The Labute approximate surface area is 192 Å². The van der Waals surface area contributed by atoms with Crippen molar-refractivity contribution < 1.29 is 19.1 Å². The van der Waals surface area contributed by atoms with Crippen LogP contribution in [0.25, 0.3) is 0 Å². The minimum absolute atomic E-state index is 0.0264. The highest BCUT2D eigenvalue weighted by Crippen LogP contribution is 2.31. The number of phenols is 1. The van der Waals surface area contributed by atoms with Crippen molar-refractivity contribution in [3.63, 3.8) is 0 Å². The molecule has 2 N–H and O–H groups in total. The largest absolute Gasteiger partial charge is 0.508 e. The van der Waals surface area contributed by atoms with Gasteiger partial charge in [0.1, 0.15) is 17.6 Å². The Balaban J connectivity index is 1.79. The molecule has 0 heterocycles. The molecule has 1 aliphatic rings. The van der Waals surface area contributed by atoms with E-state index < -0.39 is 17.8 Å². The van der Waals surface area contributed by atoms with Crippen molar-refractivity contribution in [1.29, 1.82) is 0 Å². The number of amides is 2. The van der Waals surface area contributed by atoms with Gasteiger partial charge in [0.25, 0.3) is 5.91 Å². The normalized spacial score (nSPS) is 14.9. The number of halogens is 1. The lowest BCUT2D eigenvalue weighted by atomic mass is 9.94. The number of benzene rings is 3. The summed E-state index contributed by atoms with van der Waals surface area (Å²) in [5.74, 6) is -1.24. The van der Waals surface area contributed by atoms with Crippen molar-refractivity contribution in [2.24, 2.45) is 0 Å². The average Bonchev–Trinajstić information content (AvgIpc) is 2.83. The molecule has 0 aromatic heterocycles. The Kier molecular flexibility index (Phi) is 7.03. The van der Waals surface area contributed by atoms with Crippen LogP contribution in [-0.2, 0) is 4.79 Å². The highest BCUT2D eigenvalue weighted by Gasteiger charge is 2.34. The zero-order valence-electron chi connectivity index (χ0n) is 18.3. The van der Waals surface area contributed by atoms with Crippen LogP contribution in [-0.4, -0.2) is 23.0 Å². The van der Waals surface area contributed by atoms with Crippen LogP contribution >= 0.6 is 0 Å². The van der Waals surface area contributed by atoms with Gasteiger partial charge in [-0.25, -0.2) is 4.39 Å². The summed E-state index contributed by atoms with van der Waals surface area (Å²) in [6.07, 6.45) is 5.07. The first kappa shape index (κ1) is 22.5. The minimum atomic E-state index is -0.990. The first-order chi connectivity index (χ1) is 16.0. The molecule has 0 bridgehead atoms. The lowest BCUT2D eigenvalue weighted by molar-refractivity contribution is -0.123. The topological polar surface area (TPSA) is 69.6 Å². The SMILES string of the molecule is O=C(NC1CCCCC1)C(c1ccccc1)N(C(=O)c1ccc(O)cc1)c1cccc(F)c1. The number of aromatic hydroxyl groups is 1. The van der Waals surface area contributed by atoms with E-state index in [0.717, 1.165) is 32.1 Å². The van der Waals surface area contributed by atoms with E-state index in [1.54, 1.807) is 18.2 Å². The van der Waals surface area contributed by atoms with Crippen LogP contribution in [0.15, 0.2) is 78.9 Å². The van der Waals surface area contributed by atoms with Crippen molar-refractivity contribution in [1.82, 2.24) is 5.32 Å². The van der Waals surface area contributed by atoms with Gasteiger partial charge in [0.15, 0.2) is 0 Å². The molecule has 4 rings (SSSR count). The summed E-state index contributed by atoms with van der Waals surface area (Å²) in [6.45, 7) is 0. The van der Waals surface area contributed by atoms with Crippen molar-refractivity contribution >= 4 is 17.5 Å². The number of nitrogens with zero attached hydrogens (tertiary/aromatic N) is 1. The fraction of sp³-hybridized carbons (Fsp3) is 0.259. The van der Waals surface area contributed by atoms with Gasteiger partial charge >= 0.3 is 0 Å². The lowest BCUT2D eigenvalue weighted by Gasteiger charge is -2.33. The molecule has 1 aliphatic carbocycles. The molecule has 0 spiro atoms. The number of carbonyl (C=O) groups excluding carboxylic acids is 2. The summed E-state index contributed by atoms with van der Waals surface area (Å²) in [5.41, 5.74) is 1.19. The lowest BCUT2D eigenvalue weighted by Crippen LogP contribution is -2.47. The predicted molar refractivity (Wildman–Crippen MR) is 126 cm³/mol. The second-order valence-electron chi connectivity index (χ2n) is 8.36. The summed E-state index contributed by atoms with van der Waals surface area (Å²) in [7, 11) is 0. The minimum Gasteiger partial charge on any atom is -0.508 e. The molecular formula is C27H27FN2O3. The molecule has 1 fully saturated rings. The molecule has 33 heavy (non-hydrogen) atoms. The van der Waals surface area contributed by atoms with Crippen molar-refractivity contribution in [3.8, 4) is 5.75 Å².